The molecule has 70 valence electrons. The fraction of sp³-hybridized carbons (Fsp3) is 0. The molecule has 0 aliphatic carbocycles. The molecule has 2 aromatic heterocycles. The third-order valence-electron chi connectivity index (χ3n) is 1.78. The van der Waals surface area contributed by atoms with E-state index < -0.39 is 0 Å². The lowest BCUT2D eigenvalue weighted by molar-refractivity contribution is 1.28. The quantitative estimate of drug-likeness (QED) is 0.595. The summed E-state index contributed by atoms with van der Waals surface area (Å²) in [5.41, 5.74) is 1.91. The summed E-state index contributed by atoms with van der Waals surface area (Å²) in [6, 6.07) is 5.84. The minimum absolute atomic E-state index is 0.512. The Balaban J connectivity index is 2.57. The maximum absolute atomic E-state index is 5.99. The van der Waals surface area contributed by atoms with Crippen molar-refractivity contribution >= 4 is 34.2 Å². The van der Waals surface area contributed by atoms with E-state index in [0.29, 0.717) is 5.15 Å². The van der Waals surface area contributed by atoms with Crippen molar-refractivity contribution in [3.8, 4) is 11.1 Å². The minimum atomic E-state index is 0.512. The van der Waals surface area contributed by atoms with Crippen LogP contribution in [0.15, 0.2) is 36.8 Å². The number of aromatic nitrogens is 2. The number of hydrogen-bond acceptors (Lipinski definition) is 2. The molecule has 0 N–H and O–H groups in total. The Morgan fingerprint density at radius 1 is 1.29 bits per heavy atom. The molecule has 0 aromatic carbocycles. The number of rotatable bonds is 1. The van der Waals surface area contributed by atoms with Crippen LogP contribution in [-0.4, -0.2) is 9.97 Å². The molecule has 0 radical (unpaired) electrons. The van der Waals surface area contributed by atoms with Crippen LogP contribution in [0.2, 0.25) is 5.15 Å². The van der Waals surface area contributed by atoms with Gasteiger partial charge in [0.2, 0.25) is 0 Å². The second-order valence-corrected chi connectivity index (χ2v) is 4.34. The molecule has 0 saturated carbocycles. The van der Waals surface area contributed by atoms with E-state index in [0.717, 1.165) is 14.7 Å². The van der Waals surface area contributed by atoms with Gasteiger partial charge in [-0.05, 0) is 34.7 Å². The molecule has 2 heterocycles. The Kier molecular flexibility index (Phi) is 2.98. The molecule has 2 aromatic rings. The van der Waals surface area contributed by atoms with Crippen LogP contribution in [-0.2, 0) is 0 Å². The zero-order valence-electron chi connectivity index (χ0n) is 7.11. The van der Waals surface area contributed by atoms with E-state index in [9.17, 15) is 0 Å². The summed E-state index contributed by atoms with van der Waals surface area (Å²) < 4.78 is 1.06. The highest BCUT2D eigenvalue weighted by Gasteiger charge is 2.04. The van der Waals surface area contributed by atoms with E-state index in [1.165, 1.54) is 0 Å². The van der Waals surface area contributed by atoms with Gasteiger partial charge in [-0.2, -0.15) is 0 Å². The third kappa shape index (κ3) is 2.04. The second kappa shape index (κ2) is 4.23. The van der Waals surface area contributed by atoms with Gasteiger partial charge in [0.1, 0.15) is 5.15 Å². The third-order valence-corrected chi connectivity index (χ3v) is 2.67. The molecule has 14 heavy (non-hydrogen) atoms. The largest absolute Gasteiger partial charge is 0.264 e. The predicted molar refractivity (Wildman–Crippen MR) is 65.2 cm³/mol. The van der Waals surface area contributed by atoms with Crippen LogP contribution < -0.4 is 0 Å². The number of pyridine rings is 2. The highest BCUT2D eigenvalue weighted by molar-refractivity contribution is 14.1. The van der Waals surface area contributed by atoms with Crippen LogP contribution in [0.1, 0.15) is 0 Å². The van der Waals surface area contributed by atoms with E-state index >= 15 is 0 Å². The molecule has 4 heteroatoms. The Morgan fingerprint density at radius 3 is 2.86 bits per heavy atom. The molecule has 0 atom stereocenters. The Labute approximate surface area is 100 Å². The van der Waals surface area contributed by atoms with Crippen molar-refractivity contribution in [2.75, 3.05) is 0 Å². The van der Waals surface area contributed by atoms with E-state index in [-0.39, 0.29) is 0 Å². The molecule has 0 amide bonds. The highest BCUT2D eigenvalue weighted by Crippen LogP contribution is 2.26. The molecule has 0 unspecified atom stereocenters. The van der Waals surface area contributed by atoms with E-state index in [1.807, 2.05) is 18.2 Å². The van der Waals surface area contributed by atoms with Gasteiger partial charge in [-0.1, -0.05) is 17.7 Å². The lowest BCUT2D eigenvalue weighted by Crippen LogP contribution is -1.85. The highest BCUT2D eigenvalue weighted by atomic mass is 127. The van der Waals surface area contributed by atoms with Crippen molar-refractivity contribution in [3.63, 3.8) is 0 Å². The summed E-state index contributed by atoms with van der Waals surface area (Å²) in [7, 11) is 0. The SMILES string of the molecule is Clc1ncc(I)cc1-c1cccnc1. The van der Waals surface area contributed by atoms with Crippen molar-refractivity contribution in [2.45, 2.75) is 0 Å². The fourth-order valence-electron chi connectivity index (χ4n) is 1.15. The average molecular weight is 317 g/mol. The van der Waals surface area contributed by atoms with Gasteiger partial charge in [0, 0.05) is 33.3 Å². The Morgan fingerprint density at radius 2 is 2.14 bits per heavy atom. The topological polar surface area (TPSA) is 25.8 Å². The predicted octanol–water partition coefficient (Wildman–Crippen LogP) is 3.40. The zero-order chi connectivity index (χ0) is 9.97. The summed E-state index contributed by atoms with van der Waals surface area (Å²) in [4.78, 5) is 8.13. The van der Waals surface area contributed by atoms with Crippen LogP contribution in [0.25, 0.3) is 11.1 Å². The van der Waals surface area contributed by atoms with E-state index in [4.69, 9.17) is 11.6 Å². The summed E-state index contributed by atoms with van der Waals surface area (Å²) in [6.45, 7) is 0. The molecule has 0 aliphatic rings. The van der Waals surface area contributed by atoms with Crippen LogP contribution in [0.5, 0.6) is 0 Å². The lowest BCUT2D eigenvalue weighted by atomic mass is 10.1. The lowest BCUT2D eigenvalue weighted by Gasteiger charge is -2.02. The van der Waals surface area contributed by atoms with Crippen molar-refractivity contribution in [2.24, 2.45) is 0 Å². The number of hydrogen-bond donors (Lipinski definition) is 0. The van der Waals surface area contributed by atoms with Gasteiger partial charge in [-0.3, -0.25) is 4.98 Å². The number of nitrogens with zero attached hydrogens (tertiary/aromatic N) is 2. The Hall–Kier alpha value is -0.680. The van der Waals surface area contributed by atoms with Gasteiger partial charge in [0.15, 0.2) is 0 Å². The van der Waals surface area contributed by atoms with E-state index in [2.05, 4.69) is 32.6 Å². The molecular formula is C10H6ClIN2. The second-order valence-electron chi connectivity index (χ2n) is 2.73. The van der Waals surface area contributed by atoms with E-state index in [1.54, 1.807) is 18.6 Å². The van der Waals surface area contributed by atoms with Gasteiger partial charge in [0.25, 0.3) is 0 Å². The van der Waals surface area contributed by atoms with Crippen molar-refractivity contribution in [3.05, 3.63) is 45.5 Å². The number of halogens is 2. The van der Waals surface area contributed by atoms with Crippen LogP contribution >= 0.6 is 34.2 Å². The smallest absolute Gasteiger partial charge is 0.136 e. The average Bonchev–Trinajstić information content (AvgIpc) is 2.23. The molecule has 0 bridgehead atoms. The molecule has 0 spiro atoms. The first kappa shape index (κ1) is 9.86. The van der Waals surface area contributed by atoms with Crippen LogP contribution in [0, 0.1) is 3.57 Å². The van der Waals surface area contributed by atoms with Crippen molar-refractivity contribution < 1.29 is 0 Å². The van der Waals surface area contributed by atoms with Crippen LogP contribution in [0.4, 0.5) is 0 Å². The van der Waals surface area contributed by atoms with Gasteiger partial charge in [0.05, 0.1) is 0 Å². The maximum atomic E-state index is 5.99. The molecular weight excluding hydrogens is 310 g/mol. The summed E-state index contributed by atoms with van der Waals surface area (Å²) >= 11 is 8.20. The first-order valence-corrected chi connectivity index (χ1v) is 5.44. The molecule has 2 nitrogen and oxygen atoms in total. The monoisotopic (exact) mass is 316 g/mol. The normalized spacial score (nSPS) is 10.1. The fourth-order valence-corrected chi connectivity index (χ4v) is 1.81. The maximum Gasteiger partial charge on any atom is 0.136 e. The van der Waals surface area contributed by atoms with Gasteiger partial charge in [-0.25, -0.2) is 4.98 Å². The van der Waals surface area contributed by atoms with Gasteiger partial charge >= 0.3 is 0 Å². The molecule has 0 saturated heterocycles. The first-order chi connectivity index (χ1) is 6.77. The molecule has 0 fully saturated rings. The summed E-state index contributed by atoms with van der Waals surface area (Å²) in [5, 5.41) is 0.512. The van der Waals surface area contributed by atoms with Crippen LogP contribution in [0.3, 0.4) is 0 Å². The molecule has 0 aliphatic heterocycles. The minimum Gasteiger partial charge on any atom is -0.264 e. The Bertz CT molecular complexity index is 445. The van der Waals surface area contributed by atoms with Gasteiger partial charge < -0.3 is 0 Å². The summed E-state index contributed by atoms with van der Waals surface area (Å²) in [6.07, 6.45) is 5.25. The van der Waals surface area contributed by atoms with Crippen molar-refractivity contribution in [1.29, 1.82) is 0 Å². The van der Waals surface area contributed by atoms with Crippen molar-refractivity contribution in [1.82, 2.24) is 9.97 Å². The van der Waals surface area contributed by atoms with Gasteiger partial charge in [-0.15, -0.1) is 0 Å². The zero-order valence-corrected chi connectivity index (χ0v) is 10.0. The molecule has 2 rings (SSSR count). The summed E-state index contributed by atoms with van der Waals surface area (Å²) in [5.74, 6) is 0. The first-order valence-electron chi connectivity index (χ1n) is 3.99. The standard InChI is InChI=1S/C10H6ClIN2/c11-10-9(4-8(12)6-14-10)7-2-1-3-13-5-7/h1-6H.